The molecule has 0 radical (unpaired) electrons. The number of hydrazone groups is 1. The summed E-state index contributed by atoms with van der Waals surface area (Å²) in [5.41, 5.74) is 5.21. The molecule has 0 saturated heterocycles. The third-order valence-corrected chi connectivity index (χ3v) is 4.55. The summed E-state index contributed by atoms with van der Waals surface area (Å²) in [6.07, 6.45) is 1.51. The van der Waals surface area contributed by atoms with E-state index in [1.807, 2.05) is 31.2 Å². The molecule has 2 rings (SSSR count). The molecule has 2 aromatic carbocycles. The van der Waals surface area contributed by atoms with E-state index in [0.29, 0.717) is 8.95 Å². The Morgan fingerprint density at radius 2 is 1.88 bits per heavy atom. The van der Waals surface area contributed by atoms with Crippen molar-refractivity contribution in [2.24, 2.45) is 5.10 Å². The summed E-state index contributed by atoms with van der Waals surface area (Å²) < 4.78 is 1.08. The number of nitrogens with zero attached hydrogens (tertiary/aromatic N) is 1. The van der Waals surface area contributed by atoms with Crippen molar-refractivity contribution in [3.8, 4) is 5.75 Å². The van der Waals surface area contributed by atoms with Crippen molar-refractivity contribution in [1.29, 1.82) is 0 Å². The molecule has 0 aliphatic heterocycles. The van der Waals surface area contributed by atoms with E-state index in [2.05, 4.69) is 47.7 Å². The van der Waals surface area contributed by atoms with Gasteiger partial charge in [-0.05, 0) is 75.0 Å². The van der Waals surface area contributed by atoms with Crippen molar-refractivity contribution in [3.63, 3.8) is 0 Å². The van der Waals surface area contributed by atoms with Crippen LogP contribution < -0.4 is 10.7 Å². The van der Waals surface area contributed by atoms with Crippen LogP contribution in [0, 0.1) is 6.92 Å². The molecule has 5 nitrogen and oxygen atoms in total. The maximum Gasteiger partial charge on any atom is 0.262 e. The second-order valence-corrected chi connectivity index (χ2v) is 6.96. The Morgan fingerprint density at radius 1 is 1.25 bits per heavy atom. The fourth-order valence-electron chi connectivity index (χ4n) is 1.96. The standard InChI is InChI=1S/C17H17Br2N3O2/c1-10-5-3-4-6-15(10)21-11(2)17(24)22-20-9-12-7-13(18)16(23)14(19)8-12/h3-9,11,21,23H,1-2H3,(H,22,24)/b20-9+. The molecule has 0 aliphatic rings. The van der Waals surface area contributed by atoms with Gasteiger partial charge in [0.15, 0.2) is 0 Å². The molecule has 0 bridgehead atoms. The fraction of sp³-hybridized carbons (Fsp3) is 0.176. The number of hydrogen-bond donors (Lipinski definition) is 3. The quantitative estimate of drug-likeness (QED) is 0.468. The number of hydrogen-bond acceptors (Lipinski definition) is 4. The Bertz CT molecular complexity index is 755. The van der Waals surface area contributed by atoms with Crippen LogP contribution in [0.4, 0.5) is 5.69 Å². The van der Waals surface area contributed by atoms with Gasteiger partial charge in [0.25, 0.3) is 5.91 Å². The zero-order valence-electron chi connectivity index (χ0n) is 13.2. The van der Waals surface area contributed by atoms with Crippen LogP contribution >= 0.6 is 31.9 Å². The van der Waals surface area contributed by atoms with Gasteiger partial charge in [0.05, 0.1) is 15.2 Å². The van der Waals surface area contributed by atoms with Crippen LogP contribution in [-0.2, 0) is 4.79 Å². The Balaban J connectivity index is 1.96. The minimum absolute atomic E-state index is 0.118. The first kappa shape index (κ1) is 18.5. The first-order valence-corrected chi connectivity index (χ1v) is 8.80. The van der Waals surface area contributed by atoms with Gasteiger partial charge in [-0.25, -0.2) is 5.43 Å². The molecule has 0 saturated carbocycles. The highest BCUT2D eigenvalue weighted by molar-refractivity contribution is 9.11. The minimum atomic E-state index is -0.429. The Labute approximate surface area is 157 Å². The van der Waals surface area contributed by atoms with Gasteiger partial charge in [-0.1, -0.05) is 18.2 Å². The summed E-state index contributed by atoms with van der Waals surface area (Å²) in [4.78, 5) is 12.1. The summed E-state index contributed by atoms with van der Waals surface area (Å²) >= 11 is 6.49. The number of rotatable bonds is 5. The van der Waals surface area contributed by atoms with E-state index in [0.717, 1.165) is 16.8 Å². The largest absolute Gasteiger partial charge is 0.506 e. The van der Waals surface area contributed by atoms with Crippen molar-refractivity contribution < 1.29 is 9.90 Å². The number of carbonyl (C=O) groups is 1. The molecule has 1 atom stereocenters. The highest BCUT2D eigenvalue weighted by Crippen LogP contribution is 2.32. The van der Waals surface area contributed by atoms with Gasteiger partial charge in [-0.15, -0.1) is 0 Å². The van der Waals surface area contributed by atoms with Crippen LogP contribution in [0.1, 0.15) is 18.1 Å². The lowest BCUT2D eigenvalue weighted by Crippen LogP contribution is -2.35. The van der Waals surface area contributed by atoms with Crippen LogP contribution in [0.3, 0.4) is 0 Å². The summed E-state index contributed by atoms with van der Waals surface area (Å²) in [7, 11) is 0. The first-order chi connectivity index (χ1) is 11.4. The van der Waals surface area contributed by atoms with Gasteiger partial charge in [-0.3, -0.25) is 4.79 Å². The molecule has 24 heavy (non-hydrogen) atoms. The number of phenols is 1. The number of anilines is 1. The number of nitrogens with one attached hydrogen (secondary N) is 2. The summed E-state index contributed by atoms with van der Waals surface area (Å²) in [5.74, 6) is -0.126. The summed E-state index contributed by atoms with van der Waals surface area (Å²) in [6, 6.07) is 10.7. The lowest BCUT2D eigenvalue weighted by atomic mass is 10.2. The second-order valence-electron chi connectivity index (χ2n) is 5.25. The van der Waals surface area contributed by atoms with E-state index in [1.54, 1.807) is 19.1 Å². The molecular formula is C17H17Br2N3O2. The van der Waals surface area contributed by atoms with E-state index in [9.17, 15) is 9.90 Å². The maximum atomic E-state index is 12.1. The van der Waals surface area contributed by atoms with Gasteiger partial charge in [-0.2, -0.15) is 5.10 Å². The molecule has 1 amide bonds. The van der Waals surface area contributed by atoms with Gasteiger partial charge < -0.3 is 10.4 Å². The minimum Gasteiger partial charge on any atom is -0.506 e. The Kier molecular flexibility index (Phi) is 6.39. The normalized spacial score (nSPS) is 12.2. The van der Waals surface area contributed by atoms with Crippen LogP contribution in [0.2, 0.25) is 0 Å². The van der Waals surface area contributed by atoms with Crippen molar-refractivity contribution >= 4 is 49.7 Å². The van der Waals surface area contributed by atoms with Gasteiger partial charge in [0.1, 0.15) is 11.8 Å². The number of halogens is 2. The highest BCUT2D eigenvalue weighted by atomic mass is 79.9. The predicted octanol–water partition coefficient (Wildman–Crippen LogP) is 4.18. The predicted molar refractivity (Wildman–Crippen MR) is 104 cm³/mol. The molecule has 126 valence electrons. The molecule has 0 heterocycles. The number of para-hydroxylation sites is 1. The van der Waals surface area contributed by atoms with Crippen LogP contribution in [0.5, 0.6) is 5.75 Å². The van der Waals surface area contributed by atoms with Crippen molar-refractivity contribution in [1.82, 2.24) is 5.43 Å². The van der Waals surface area contributed by atoms with Crippen molar-refractivity contribution in [2.45, 2.75) is 19.9 Å². The van der Waals surface area contributed by atoms with Gasteiger partial charge >= 0.3 is 0 Å². The molecule has 7 heteroatoms. The topological polar surface area (TPSA) is 73.7 Å². The van der Waals surface area contributed by atoms with Crippen LogP contribution in [0.25, 0.3) is 0 Å². The first-order valence-electron chi connectivity index (χ1n) is 7.21. The van der Waals surface area contributed by atoms with E-state index < -0.39 is 6.04 Å². The highest BCUT2D eigenvalue weighted by Gasteiger charge is 2.12. The third kappa shape index (κ3) is 4.82. The lowest BCUT2D eigenvalue weighted by molar-refractivity contribution is -0.121. The number of aryl methyl sites for hydroxylation is 1. The zero-order chi connectivity index (χ0) is 17.7. The van der Waals surface area contributed by atoms with Gasteiger partial charge in [0, 0.05) is 5.69 Å². The molecule has 2 aromatic rings. The van der Waals surface area contributed by atoms with Crippen LogP contribution in [0.15, 0.2) is 50.4 Å². The molecular weight excluding hydrogens is 438 g/mol. The third-order valence-electron chi connectivity index (χ3n) is 3.34. The fourth-order valence-corrected chi connectivity index (χ4v) is 3.18. The molecule has 0 spiro atoms. The monoisotopic (exact) mass is 453 g/mol. The number of carbonyl (C=O) groups excluding carboxylic acids is 1. The smallest absolute Gasteiger partial charge is 0.262 e. The number of aromatic hydroxyl groups is 1. The van der Waals surface area contributed by atoms with E-state index in [-0.39, 0.29) is 11.7 Å². The molecule has 0 fully saturated rings. The van der Waals surface area contributed by atoms with Crippen molar-refractivity contribution in [2.75, 3.05) is 5.32 Å². The Morgan fingerprint density at radius 3 is 2.50 bits per heavy atom. The van der Waals surface area contributed by atoms with Crippen molar-refractivity contribution in [3.05, 3.63) is 56.5 Å². The van der Waals surface area contributed by atoms with E-state index in [4.69, 9.17) is 0 Å². The van der Waals surface area contributed by atoms with Gasteiger partial charge in [0.2, 0.25) is 0 Å². The van der Waals surface area contributed by atoms with E-state index in [1.165, 1.54) is 6.21 Å². The Hall–Kier alpha value is -1.86. The van der Waals surface area contributed by atoms with Crippen LogP contribution in [-0.4, -0.2) is 23.3 Å². The maximum absolute atomic E-state index is 12.1. The van der Waals surface area contributed by atoms with E-state index >= 15 is 0 Å². The number of amides is 1. The number of phenolic OH excluding ortho intramolecular Hbond substituents is 1. The molecule has 1 unspecified atom stereocenters. The SMILES string of the molecule is Cc1ccccc1NC(C)C(=O)N/N=C/c1cc(Br)c(O)c(Br)c1. The zero-order valence-corrected chi connectivity index (χ0v) is 16.3. The average molecular weight is 455 g/mol. The molecule has 0 aliphatic carbocycles. The second kappa shape index (κ2) is 8.30. The molecule has 3 N–H and O–H groups in total. The summed E-state index contributed by atoms with van der Waals surface area (Å²) in [5, 5.41) is 16.8. The average Bonchev–Trinajstić information content (AvgIpc) is 2.54. The number of benzene rings is 2. The lowest BCUT2D eigenvalue weighted by Gasteiger charge is -2.15. The summed E-state index contributed by atoms with van der Waals surface area (Å²) in [6.45, 7) is 3.75. The molecule has 0 aromatic heterocycles.